The van der Waals surface area contributed by atoms with Crippen LogP contribution in [0.15, 0.2) is 60.8 Å². The van der Waals surface area contributed by atoms with Gasteiger partial charge in [-0.2, -0.15) is 5.10 Å². The van der Waals surface area contributed by atoms with Crippen LogP contribution in [0.4, 0.5) is 5.69 Å². The number of aryl methyl sites for hydroxylation is 1. The van der Waals surface area contributed by atoms with E-state index >= 15 is 0 Å². The molecule has 1 amide bonds. The molecule has 0 unspecified atom stereocenters. The molecule has 1 atom stereocenters. The minimum Gasteiger partial charge on any atom is -0.354 e. The van der Waals surface area contributed by atoms with Gasteiger partial charge in [0.2, 0.25) is 0 Å². The van der Waals surface area contributed by atoms with Crippen molar-refractivity contribution < 1.29 is 9.63 Å². The van der Waals surface area contributed by atoms with E-state index in [-0.39, 0.29) is 11.9 Å². The summed E-state index contributed by atoms with van der Waals surface area (Å²) >= 11 is 0. The maximum absolute atomic E-state index is 12.0. The number of carbonyl (C=O) groups excluding carboxylic acids is 1. The Morgan fingerprint density at radius 1 is 1.19 bits per heavy atom. The first kappa shape index (κ1) is 19.3. The van der Waals surface area contributed by atoms with Crippen molar-refractivity contribution in [3.63, 3.8) is 0 Å². The van der Waals surface area contributed by atoms with Crippen molar-refractivity contribution in [2.45, 2.75) is 19.4 Å². The van der Waals surface area contributed by atoms with Crippen LogP contribution in [0.25, 0.3) is 22.0 Å². The van der Waals surface area contributed by atoms with Gasteiger partial charge in [0, 0.05) is 30.1 Å². The van der Waals surface area contributed by atoms with Gasteiger partial charge >= 0.3 is 0 Å². The molecule has 2 N–H and O–H groups in total. The molecule has 0 spiro atoms. The molecular formula is C24H23N5O2. The van der Waals surface area contributed by atoms with Crippen molar-refractivity contribution in [2.24, 2.45) is 0 Å². The fourth-order valence-corrected chi connectivity index (χ4v) is 4.12. The summed E-state index contributed by atoms with van der Waals surface area (Å²) in [5.41, 5.74) is 6.28. The first-order valence-electron chi connectivity index (χ1n) is 10.3. The molecule has 3 heterocycles. The number of anilines is 1. The number of aromatic nitrogens is 3. The number of hydroxylamine groups is 1. The second kappa shape index (κ2) is 7.85. The van der Waals surface area contributed by atoms with E-state index < -0.39 is 0 Å². The normalized spacial score (nSPS) is 16.1. The van der Waals surface area contributed by atoms with Gasteiger partial charge in [0.25, 0.3) is 5.91 Å². The Bertz CT molecular complexity index is 1250. The van der Waals surface area contributed by atoms with Gasteiger partial charge in [-0.3, -0.25) is 19.7 Å². The molecular weight excluding hydrogens is 390 g/mol. The standard InChI is InChI=1S/C24H23N5O2/c1-15-20(17-8-9-19-21(12-17)27-28-23(19)24(30)25-2)13-18(14-26-15)29-22(10-11-31-29)16-6-4-3-5-7-16/h3-9,12-14,22H,10-11H2,1-2H3,(H,25,30)(H,27,28)/t22-/m0/s1. The van der Waals surface area contributed by atoms with Gasteiger partial charge in [0.05, 0.1) is 30.0 Å². The number of nitrogens with one attached hydrogen (secondary N) is 2. The van der Waals surface area contributed by atoms with Gasteiger partial charge in [-0.15, -0.1) is 0 Å². The summed E-state index contributed by atoms with van der Waals surface area (Å²) in [5.74, 6) is -0.211. The Kier molecular flexibility index (Phi) is 4.88. The summed E-state index contributed by atoms with van der Waals surface area (Å²) in [7, 11) is 1.60. The third-order valence-corrected chi connectivity index (χ3v) is 5.73. The number of hydrogen-bond acceptors (Lipinski definition) is 5. The molecule has 7 nitrogen and oxygen atoms in total. The van der Waals surface area contributed by atoms with E-state index in [4.69, 9.17) is 4.84 Å². The van der Waals surface area contributed by atoms with Crippen LogP contribution in [0.1, 0.15) is 34.2 Å². The number of fused-ring (bicyclic) bond motifs is 1. The Morgan fingerprint density at radius 2 is 2.03 bits per heavy atom. The fourth-order valence-electron chi connectivity index (χ4n) is 4.12. The SMILES string of the molecule is CNC(=O)c1n[nH]c2cc(-c3cc(N4OCC[C@H]4c4ccccc4)cnc3C)ccc12. The molecule has 4 aromatic rings. The number of benzene rings is 2. The third-order valence-electron chi connectivity index (χ3n) is 5.73. The highest BCUT2D eigenvalue weighted by Crippen LogP contribution is 2.37. The number of rotatable bonds is 4. The average molecular weight is 413 g/mol. The van der Waals surface area contributed by atoms with E-state index in [1.54, 1.807) is 7.05 Å². The highest BCUT2D eigenvalue weighted by molar-refractivity contribution is 6.05. The molecule has 31 heavy (non-hydrogen) atoms. The third kappa shape index (κ3) is 3.43. The minimum atomic E-state index is -0.211. The summed E-state index contributed by atoms with van der Waals surface area (Å²) < 4.78 is 0. The smallest absolute Gasteiger partial charge is 0.272 e. The number of hydrogen-bond donors (Lipinski definition) is 2. The summed E-state index contributed by atoms with van der Waals surface area (Å²) in [5, 5.41) is 12.5. The minimum absolute atomic E-state index is 0.156. The molecule has 7 heteroatoms. The average Bonchev–Trinajstić information content (AvgIpc) is 3.46. The number of nitrogens with zero attached hydrogens (tertiary/aromatic N) is 3. The molecule has 0 aliphatic carbocycles. The van der Waals surface area contributed by atoms with Crippen molar-refractivity contribution in [1.29, 1.82) is 0 Å². The van der Waals surface area contributed by atoms with E-state index in [2.05, 4.69) is 50.8 Å². The predicted molar refractivity (Wildman–Crippen MR) is 120 cm³/mol. The zero-order chi connectivity index (χ0) is 21.4. The highest BCUT2D eigenvalue weighted by atomic mass is 16.7. The van der Waals surface area contributed by atoms with Crippen molar-refractivity contribution in [3.8, 4) is 11.1 Å². The largest absolute Gasteiger partial charge is 0.354 e. The number of amides is 1. The number of H-pyrrole nitrogens is 1. The van der Waals surface area contributed by atoms with E-state index in [0.29, 0.717) is 12.3 Å². The van der Waals surface area contributed by atoms with Crippen LogP contribution in [-0.2, 0) is 4.84 Å². The fraction of sp³-hybridized carbons (Fsp3) is 0.208. The lowest BCUT2D eigenvalue weighted by molar-refractivity contribution is 0.0959. The summed E-state index contributed by atoms with van der Waals surface area (Å²) in [4.78, 5) is 22.6. The molecule has 0 saturated carbocycles. The zero-order valence-corrected chi connectivity index (χ0v) is 17.4. The van der Waals surface area contributed by atoms with Crippen LogP contribution in [0.5, 0.6) is 0 Å². The van der Waals surface area contributed by atoms with Crippen molar-refractivity contribution in [1.82, 2.24) is 20.5 Å². The summed E-state index contributed by atoms with van der Waals surface area (Å²) in [6.07, 6.45) is 2.79. The van der Waals surface area contributed by atoms with Crippen molar-refractivity contribution in [3.05, 3.63) is 77.7 Å². The van der Waals surface area contributed by atoms with Crippen LogP contribution in [0, 0.1) is 6.92 Å². The van der Waals surface area contributed by atoms with Gasteiger partial charge < -0.3 is 5.32 Å². The quantitative estimate of drug-likeness (QED) is 0.525. The lowest BCUT2D eigenvalue weighted by Gasteiger charge is -2.25. The molecule has 5 rings (SSSR count). The van der Waals surface area contributed by atoms with Crippen LogP contribution >= 0.6 is 0 Å². The van der Waals surface area contributed by atoms with Crippen molar-refractivity contribution in [2.75, 3.05) is 18.7 Å². The summed E-state index contributed by atoms with van der Waals surface area (Å²) in [6, 6.07) is 18.6. The first-order valence-corrected chi connectivity index (χ1v) is 10.3. The molecule has 0 radical (unpaired) electrons. The monoisotopic (exact) mass is 413 g/mol. The Labute approximate surface area is 180 Å². The highest BCUT2D eigenvalue weighted by Gasteiger charge is 2.28. The molecule has 1 saturated heterocycles. The topological polar surface area (TPSA) is 83.1 Å². The van der Waals surface area contributed by atoms with Gasteiger partial charge in [-0.05, 0) is 36.2 Å². The predicted octanol–water partition coefficient (Wildman–Crippen LogP) is 4.18. The Morgan fingerprint density at radius 3 is 2.84 bits per heavy atom. The van der Waals surface area contributed by atoms with Gasteiger partial charge in [0.15, 0.2) is 5.69 Å². The van der Waals surface area contributed by atoms with Crippen LogP contribution < -0.4 is 10.4 Å². The van der Waals surface area contributed by atoms with Gasteiger partial charge in [-0.25, -0.2) is 5.06 Å². The van der Waals surface area contributed by atoms with Crippen molar-refractivity contribution >= 4 is 22.5 Å². The maximum Gasteiger partial charge on any atom is 0.272 e. The maximum atomic E-state index is 12.0. The molecule has 2 aromatic heterocycles. The van der Waals surface area contributed by atoms with E-state index in [9.17, 15) is 4.79 Å². The van der Waals surface area contributed by atoms with E-state index in [1.807, 2.05) is 42.4 Å². The molecule has 1 fully saturated rings. The number of carbonyl (C=O) groups is 1. The lowest BCUT2D eigenvalue weighted by Crippen LogP contribution is -2.21. The zero-order valence-electron chi connectivity index (χ0n) is 17.4. The Hall–Kier alpha value is -3.71. The van der Waals surface area contributed by atoms with Crippen LogP contribution in [0.2, 0.25) is 0 Å². The van der Waals surface area contributed by atoms with E-state index in [0.717, 1.165) is 39.8 Å². The van der Waals surface area contributed by atoms with E-state index in [1.165, 1.54) is 5.56 Å². The second-order valence-corrected chi connectivity index (χ2v) is 7.61. The molecule has 156 valence electrons. The number of aromatic amines is 1. The van der Waals surface area contributed by atoms with Gasteiger partial charge in [0.1, 0.15) is 0 Å². The van der Waals surface area contributed by atoms with Gasteiger partial charge in [-0.1, -0.05) is 36.4 Å². The molecule has 1 aliphatic rings. The summed E-state index contributed by atoms with van der Waals surface area (Å²) in [6.45, 7) is 2.66. The molecule has 0 bridgehead atoms. The molecule has 1 aliphatic heterocycles. The second-order valence-electron chi connectivity index (χ2n) is 7.61. The van der Waals surface area contributed by atoms with Crippen LogP contribution in [0.3, 0.4) is 0 Å². The Balaban J connectivity index is 1.52. The molecule has 2 aromatic carbocycles. The number of pyridine rings is 1. The lowest BCUT2D eigenvalue weighted by atomic mass is 10.0. The van der Waals surface area contributed by atoms with Crippen LogP contribution in [-0.4, -0.2) is 34.7 Å². The first-order chi connectivity index (χ1) is 15.2.